The molecule has 0 fully saturated rings. The Kier molecular flexibility index (Phi) is 4.48. The molecule has 7 nitrogen and oxygen atoms in total. The van der Waals surface area contributed by atoms with Crippen molar-refractivity contribution in [3.63, 3.8) is 0 Å². The maximum absolute atomic E-state index is 13.0. The molecule has 0 radical (unpaired) electrons. The maximum atomic E-state index is 13.0. The lowest BCUT2D eigenvalue weighted by Crippen LogP contribution is -2.33. The third-order valence-electron chi connectivity index (χ3n) is 4.85. The molecule has 0 bridgehead atoms. The smallest absolute Gasteiger partial charge is 0.393 e. The van der Waals surface area contributed by atoms with Crippen LogP contribution in [0.15, 0.2) is 28.7 Å². The number of amides is 1. The van der Waals surface area contributed by atoms with Gasteiger partial charge in [-0.15, -0.1) is 10.2 Å². The predicted molar refractivity (Wildman–Crippen MR) is 91.8 cm³/mol. The Labute approximate surface area is 157 Å². The number of ether oxygens (including phenoxy) is 1. The second-order valence-electron chi connectivity index (χ2n) is 6.59. The Morgan fingerprint density at radius 3 is 2.96 bits per heavy atom. The van der Waals surface area contributed by atoms with Crippen LogP contribution >= 0.6 is 0 Å². The zero-order chi connectivity index (χ0) is 19.9. The van der Waals surface area contributed by atoms with E-state index in [0.29, 0.717) is 22.5 Å². The average Bonchev–Trinajstić information content (AvgIpc) is 3.28. The lowest BCUT2D eigenvalue weighted by atomic mass is 9.99. The number of para-hydroxylation sites is 1. The number of hydrogen-bond acceptors (Lipinski definition) is 5. The molecule has 148 valence electrons. The molecule has 1 aliphatic heterocycles. The molecule has 1 unspecified atom stereocenters. The van der Waals surface area contributed by atoms with Crippen molar-refractivity contribution in [3.05, 3.63) is 41.7 Å². The largest absolute Gasteiger partial charge is 0.493 e. The first-order valence-corrected chi connectivity index (χ1v) is 8.69. The Bertz CT molecular complexity index is 1020. The van der Waals surface area contributed by atoms with E-state index in [-0.39, 0.29) is 37.5 Å². The van der Waals surface area contributed by atoms with Crippen LogP contribution in [0.5, 0.6) is 5.75 Å². The minimum Gasteiger partial charge on any atom is -0.493 e. The van der Waals surface area contributed by atoms with Crippen LogP contribution in [0, 0.1) is 5.92 Å². The van der Waals surface area contributed by atoms with Gasteiger partial charge in [0.2, 0.25) is 0 Å². The van der Waals surface area contributed by atoms with E-state index in [1.165, 1.54) is 11.7 Å². The van der Waals surface area contributed by atoms with Gasteiger partial charge in [0.1, 0.15) is 5.82 Å². The van der Waals surface area contributed by atoms with Gasteiger partial charge in [-0.3, -0.25) is 4.79 Å². The van der Waals surface area contributed by atoms with E-state index >= 15 is 0 Å². The molecule has 3 heterocycles. The van der Waals surface area contributed by atoms with Gasteiger partial charge in [-0.25, -0.2) is 0 Å². The number of aromatic nitrogens is 3. The third-order valence-corrected chi connectivity index (χ3v) is 4.85. The van der Waals surface area contributed by atoms with Gasteiger partial charge >= 0.3 is 6.18 Å². The zero-order valence-electron chi connectivity index (χ0n) is 14.9. The fourth-order valence-electron chi connectivity index (χ4n) is 3.34. The number of nitrogens with one attached hydrogen (secondary N) is 1. The van der Waals surface area contributed by atoms with Crippen molar-refractivity contribution in [1.29, 1.82) is 0 Å². The minimum absolute atomic E-state index is 0.00515. The minimum atomic E-state index is -4.27. The molecule has 2 aromatic heterocycles. The molecule has 0 saturated carbocycles. The van der Waals surface area contributed by atoms with Crippen LogP contribution in [0.4, 0.5) is 13.2 Å². The number of nitrogens with zero attached hydrogens (tertiary/aromatic N) is 3. The van der Waals surface area contributed by atoms with E-state index in [9.17, 15) is 18.0 Å². The molecule has 10 heteroatoms. The molecular weight excluding hydrogens is 377 g/mol. The summed E-state index contributed by atoms with van der Waals surface area (Å²) in [6, 6.07) is 6.85. The van der Waals surface area contributed by atoms with Crippen LogP contribution in [0.1, 0.15) is 28.6 Å². The van der Waals surface area contributed by atoms with Crippen molar-refractivity contribution in [3.8, 4) is 5.75 Å². The maximum Gasteiger partial charge on any atom is 0.393 e. The van der Waals surface area contributed by atoms with Gasteiger partial charge in [0.25, 0.3) is 5.91 Å². The number of carbonyl (C=O) groups is 1. The highest BCUT2D eigenvalue weighted by atomic mass is 19.4. The topological polar surface area (TPSA) is 82.2 Å². The van der Waals surface area contributed by atoms with Crippen LogP contribution in [-0.4, -0.2) is 34.0 Å². The van der Waals surface area contributed by atoms with Crippen LogP contribution < -0.4 is 10.1 Å². The molecule has 0 aliphatic carbocycles. The summed E-state index contributed by atoms with van der Waals surface area (Å²) in [6.07, 6.45) is -4.07. The zero-order valence-corrected chi connectivity index (χ0v) is 14.9. The number of rotatable bonds is 4. The Balaban J connectivity index is 1.49. The van der Waals surface area contributed by atoms with Gasteiger partial charge in [0, 0.05) is 18.4 Å². The second-order valence-corrected chi connectivity index (χ2v) is 6.59. The number of furan rings is 1. The van der Waals surface area contributed by atoms with E-state index in [1.54, 1.807) is 24.3 Å². The molecule has 1 N–H and O–H groups in total. The highest BCUT2D eigenvalue weighted by Gasteiger charge is 2.42. The average molecular weight is 394 g/mol. The molecule has 3 aromatic rings. The number of aryl methyl sites for hydroxylation is 1. The molecule has 28 heavy (non-hydrogen) atoms. The molecule has 0 spiro atoms. The second kappa shape index (κ2) is 6.84. The van der Waals surface area contributed by atoms with Crippen LogP contribution in [0.3, 0.4) is 0 Å². The summed E-state index contributed by atoms with van der Waals surface area (Å²) in [5, 5.41) is 11.2. The number of halogens is 3. The van der Waals surface area contributed by atoms with E-state index in [1.807, 2.05) is 0 Å². The summed E-state index contributed by atoms with van der Waals surface area (Å²) in [7, 11) is 1.50. The lowest BCUT2D eigenvalue weighted by Gasteiger charge is -2.26. The SMILES string of the molecule is COc1cccc2cc(C(=O)NCc3nnc4n3CC(C(F)(F)F)CC4)oc12. The predicted octanol–water partition coefficient (Wildman–Crippen LogP) is 3.09. The van der Waals surface area contributed by atoms with E-state index in [4.69, 9.17) is 9.15 Å². The number of hydrogen-bond donors (Lipinski definition) is 1. The highest BCUT2D eigenvalue weighted by Crippen LogP contribution is 2.34. The first-order chi connectivity index (χ1) is 13.4. The van der Waals surface area contributed by atoms with Crippen LogP contribution in [-0.2, 0) is 19.5 Å². The molecule has 1 amide bonds. The van der Waals surface area contributed by atoms with Crippen molar-refractivity contribution in [2.45, 2.75) is 32.1 Å². The van der Waals surface area contributed by atoms with Gasteiger partial charge in [0.05, 0.1) is 19.6 Å². The summed E-state index contributed by atoms with van der Waals surface area (Å²) in [6.45, 7) is -0.288. The molecule has 4 rings (SSSR count). The summed E-state index contributed by atoms with van der Waals surface area (Å²) in [5.41, 5.74) is 0.447. The van der Waals surface area contributed by atoms with E-state index in [0.717, 1.165) is 0 Å². The summed E-state index contributed by atoms with van der Waals surface area (Å²) >= 11 is 0. The van der Waals surface area contributed by atoms with Crippen LogP contribution in [0.2, 0.25) is 0 Å². The van der Waals surface area contributed by atoms with Crippen molar-refractivity contribution in [2.75, 3.05) is 7.11 Å². The van der Waals surface area contributed by atoms with E-state index < -0.39 is 18.0 Å². The number of methoxy groups -OCH3 is 1. The van der Waals surface area contributed by atoms with Crippen molar-refractivity contribution in [1.82, 2.24) is 20.1 Å². The summed E-state index contributed by atoms with van der Waals surface area (Å²) < 4.78 is 51.3. The third kappa shape index (κ3) is 3.30. The van der Waals surface area contributed by atoms with Crippen molar-refractivity contribution >= 4 is 16.9 Å². The number of fused-ring (bicyclic) bond motifs is 2. The molecular formula is C18H17F3N4O3. The van der Waals surface area contributed by atoms with Gasteiger partial charge in [0.15, 0.2) is 22.9 Å². The lowest BCUT2D eigenvalue weighted by molar-refractivity contribution is -0.182. The summed E-state index contributed by atoms with van der Waals surface area (Å²) in [5.74, 6) is -0.580. The number of carbonyl (C=O) groups excluding carboxylic acids is 1. The van der Waals surface area contributed by atoms with E-state index in [2.05, 4.69) is 15.5 Å². The standard InChI is InChI=1S/C18H17F3N4O3/c1-27-12-4-2-3-10-7-13(28-16(10)12)17(26)22-8-15-24-23-14-6-5-11(9-25(14)15)18(19,20)21/h2-4,7,11H,5-6,8-9H2,1H3,(H,22,26). The summed E-state index contributed by atoms with van der Waals surface area (Å²) in [4.78, 5) is 12.4. The van der Waals surface area contributed by atoms with Crippen LogP contribution in [0.25, 0.3) is 11.0 Å². The molecule has 1 atom stereocenters. The normalized spacial score (nSPS) is 16.8. The molecule has 1 aliphatic rings. The Morgan fingerprint density at radius 1 is 1.39 bits per heavy atom. The molecule has 0 saturated heterocycles. The monoisotopic (exact) mass is 394 g/mol. The fourth-order valence-corrected chi connectivity index (χ4v) is 3.34. The van der Waals surface area contributed by atoms with Gasteiger partial charge in [-0.1, -0.05) is 12.1 Å². The number of benzene rings is 1. The quantitative estimate of drug-likeness (QED) is 0.735. The molecule has 1 aromatic carbocycles. The fraction of sp³-hybridized carbons (Fsp3) is 0.389. The first-order valence-electron chi connectivity index (χ1n) is 8.69. The van der Waals surface area contributed by atoms with Gasteiger partial charge in [-0.2, -0.15) is 13.2 Å². The van der Waals surface area contributed by atoms with Gasteiger partial charge in [-0.05, 0) is 18.6 Å². The van der Waals surface area contributed by atoms with Crippen molar-refractivity contribution in [2.24, 2.45) is 5.92 Å². The van der Waals surface area contributed by atoms with Gasteiger partial charge < -0.3 is 19.0 Å². The van der Waals surface area contributed by atoms with Crippen molar-refractivity contribution < 1.29 is 27.1 Å². The Hall–Kier alpha value is -3.04. The number of alkyl halides is 3. The first kappa shape index (κ1) is 18.3. The Morgan fingerprint density at radius 2 is 2.21 bits per heavy atom. The highest BCUT2D eigenvalue weighted by molar-refractivity contribution is 5.97.